The third kappa shape index (κ3) is 2.33. The molecule has 0 fully saturated rings. The Hall–Kier alpha value is 0.445. The molecule has 0 aliphatic carbocycles. The second kappa shape index (κ2) is 4.98. The number of aromatic carboxylic acids is 1. The number of aromatic nitrogens is 2. The van der Waals surface area contributed by atoms with Gasteiger partial charge in [-0.05, 0) is 11.5 Å². The molecule has 0 bridgehead atoms. The first-order valence-electron chi connectivity index (χ1n) is 3.49. The van der Waals surface area contributed by atoms with E-state index in [2.05, 4.69) is 26.1 Å². The van der Waals surface area contributed by atoms with Gasteiger partial charge in [-0.25, -0.2) is 4.79 Å². The molecule has 0 aliphatic heterocycles. The van der Waals surface area contributed by atoms with Crippen LogP contribution >= 0.6 is 15.9 Å². The largest absolute Gasteiger partial charge is 1.00 e. The maximum absolute atomic E-state index is 10.8. The fourth-order valence-corrected chi connectivity index (χ4v) is 1.59. The fourth-order valence-electron chi connectivity index (χ4n) is 1.15. The maximum atomic E-state index is 10.8. The topological polar surface area (TPSA) is 64.3 Å². The SMILES string of the molecule is O=C(O)c1cc(Br)cc2[n-]ncc12.[Rb+]. The summed E-state index contributed by atoms with van der Waals surface area (Å²) in [7, 11) is 0. The van der Waals surface area contributed by atoms with Gasteiger partial charge in [0.25, 0.3) is 0 Å². The number of carboxylic acid groups (broad SMARTS) is 1. The molecular formula is C8H4BrN2O2Rb. The van der Waals surface area contributed by atoms with E-state index in [-0.39, 0.29) is 63.8 Å². The standard InChI is InChI=1S/C8H5BrN2O2.Rb/c9-4-1-5(8(12)13)6-3-10-11-7(6)2-4;/h1-3H,(H2,10,11,12,13);/q;+1/p-1. The first-order chi connectivity index (χ1) is 6.18. The second-order valence-electron chi connectivity index (χ2n) is 2.54. The van der Waals surface area contributed by atoms with Crippen LogP contribution in [0.4, 0.5) is 0 Å². The van der Waals surface area contributed by atoms with E-state index in [1.807, 2.05) is 0 Å². The minimum absolute atomic E-state index is 0. The molecule has 0 radical (unpaired) electrons. The predicted molar refractivity (Wildman–Crippen MR) is 49.7 cm³/mol. The van der Waals surface area contributed by atoms with Crippen LogP contribution in [0.5, 0.6) is 0 Å². The zero-order valence-electron chi connectivity index (χ0n) is 7.36. The Morgan fingerprint density at radius 2 is 2.21 bits per heavy atom. The molecule has 2 rings (SSSR count). The van der Waals surface area contributed by atoms with Gasteiger partial charge in [-0.15, -0.1) is 5.52 Å². The van der Waals surface area contributed by atoms with E-state index >= 15 is 0 Å². The number of hydrogen-bond donors (Lipinski definition) is 1. The van der Waals surface area contributed by atoms with Crippen LogP contribution in [0.3, 0.4) is 0 Å². The van der Waals surface area contributed by atoms with Crippen LogP contribution in [0.1, 0.15) is 10.4 Å². The van der Waals surface area contributed by atoms with Gasteiger partial charge in [0.15, 0.2) is 0 Å². The number of carbonyl (C=O) groups is 1. The maximum Gasteiger partial charge on any atom is 1.00 e. The molecule has 1 aromatic heterocycles. The Morgan fingerprint density at radius 1 is 1.50 bits per heavy atom. The smallest absolute Gasteiger partial charge is 0.575 e. The molecule has 1 heterocycles. The summed E-state index contributed by atoms with van der Waals surface area (Å²) in [6.07, 6.45) is 1.45. The summed E-state index contributed by atoms with van der Waals surface area (Å²) in [5.41, 5.74) is 0.807. The van der Waals surface area contributed by atoms with Crippen molar-refractivity contribution in [3.63, 3.8) is 0 Å². The molecule has 14 heavy (non-hydrogen) atoms. The van der Waals surface area contributed by atoms with Crippen LogP contribution in [-0.2, 0) is 0 Å². The molecule has 1 N–H and O–H groups in total. The van der Waals surface area contributed by atoms with E-state index in [1.54, 1.807) is 6.07 Å². The quantitative estimate of drug-likeness (QED) is 0.705. The van der Waals surface area contributed by atoms with Gasteiger partial charge in [0.1, 0.15) is 0 Å². The Morgan fingerprint density at radius 3 is 2.86 bits per heavy atom. The Balaban J connectivity index is 0.000000980. The molecule has 0 unspecified atom stereocenters. The minimum Gasteiger partial charge on any atom is -0.575 e. The van der Waals surface area contributed by atoms with Crippen molar-refractivity contribution in [3.05, 3.63) is 28.4 Å². The number of carboxylic acids is 1. The van der Waals surface area contributed by atoms with Crippen molar-refractivity contribution < 1.29 is 68.1 Å². The summed E-state index contributed by atoms with van der Waals surface area (Å²) in [6.45, 7) is 0. The zero-order chi connectivity index (χ0) is 9.42. The van der Waals surface area contributed by atoms with Gasteiger partial charge in [0, 0.05) is 10.7 Å². The predicted octanol–water partition coefficient (Wildman–Crippen LogP) is -1.34. The van der Waals surface area contributed by atoms with Crippen molar-refractivity contribution in [1.82, 2.24) is 10.2 Å². The number of benzene rings is 1. The molecule has 0 saturated carbocycles. The minimum atomic E-state index is -0.971. The molecule has 0 aliphatic rings. The summed E-state index contributed by atoms with van der Waals surface area (Å²) in [4.78, 5) is 10.8. The first-order valence-corrected chi connectivity index (χ1v) is 4.28. The molecule has 0 spiro atoms. The molecule has 0 saturated heterocycles. The van der Waals surface area contributed by atoms with Gasteiger partial charge >= 0.3 is 64.2 Å². The number of hydrogen-bond acceptors (Lipinski definition) is 2. The Labute approximate surface area is 137 Å². The summed E-state index contributed by atoms with van der Waals surface area (Å²) in [6, 6.07) is 3.27. The van der Waals surface area contributed by atoms with E-state index in [0.29, 0.717) is 15.4 Å². The third-order valence-electron chi connectivity index (χ3n) is 1.71. The molecular weight excluding hydrogens is 321 g/mol. The van der Waals surface area contributed by atoms with E-state index in [9.17, 15) is 4.79 Å². The monoisotopic (exact) mass is 324 g/mol. The number of halogens is 1. The third-order valence-corrected chi connectivity index (χ3v) is 2.16. The average molecular weight is 326 g/mol. The van der Waals surface area contributed by atoms with Crippen molar-refractivity contribution in [2.45, 2.75) is 0 Å². The summed E-state index contributed by atoms with van der Waals surface area (Å²) >= 11 is 3.21. The number of rotatable bonds is 1. The molecule has 4 nitrogen and oxygen atoms in total. The van der Waals surface area contributed by atoms with Gasteiger partial charge < -0.3 is 15.3 Å². The summed E-state index contributed by atoms with van der Waals surface area (Å²) < 4.78 is 0.693. The molecule has 0 atom stereocenters. The van der Waals surface area contributed by atoms with Crippen LogP contribution in [0, 0.1) is 0 Å². The molecule has 2 aromatic rings. The van der Waals surface area contributed by atoms with Crippen LogP contribution < -0.4 is 63.3 Å². The fraction of sp³-hybridized carbons (Fsp3) is 0. The zero-order valence-corrected chi connectivity index (χ0v) is 13.9. The van der Waals surface area contributed by atoms with Crippen molar-refractivity contribution >= 4 is 32.8 Å². The Kier molecular flexibility index (Phi) is 4.45. The van der Waals surface area contributed by atoms with Gasteiger partial charge in [-0.1, -0.05) is 22.0 Å². The van der Waals surface area contributed by atoms with Crippen LogP contribution in [-0.4, -0.2) is 16.2 Å². The van der Waals surface area contributed by atoms with Gasteiger partial charge in [-0.3, -0.25) is 0 Å². The van der Waals surface area contributed by atoms with E-state index < -0.39 is 5.97 Å². The van der Waals surface area contributed by atoms with E-state index in [0.717, 1.165) is 0 Å². The van der Waals surface area contributed by atoms with E-state index in [4.69, 9.17) is 5.11 Å². The van der Waals surface area contributed by atoms with Crippen molar-refractivity contribution in [2.75, 3.05) is 0 Å². The van der Waals surface area contributed by atoms with Crippen molar-refractivity contribution in [3.8, 4) is 0 Å². The molecule has 0 amide bonds. The summed E-state index contributed by atoms with van der Waals surface area (Å²) in [5, 5.41) is 16.8. The van der Waals surface area contributed by atoms with Gasteiger partial charge in [0.05, 0.1) is 5.56 Å². The van der Waals surface area contributed by atoms with Crippen LogP contribution in [0.15, 0.2) is 22.8 Å². The molecule has 66 valence electrons. The van der Waals surface area contributed by atoms with Crippen molar-refractivity contribution in [2.24, 2.45) is 0 Å². The van der Waals surface area contributed by atoms with Crippen LogP contribution in [0.2, 0.25) is 0 Å². The second-order valence-corrected chi connectivity index (χ2v) is 3.45. The number of nitrogens with zero attached hydrogens (tertiary/aromatic N) is 2. The van der Waals surface area contributed by atoms with E-state index in [1.165, 1.54) is 12.3 Å². The average Bonchev–Trinajstić information content (AvgIpc) is 2.49. The number of fused-ring (bicyclic) bond motifs is 1. The Bertz CT molecular complexity index is 483. The molecule has 6 heteroatoms. The van der Waals surface area contributed by atoms with Gasteiger partial charge in [-0.2, -0.15) is 0 Å². The first kappa shape index (κ1) is 12.5. The summed E-state index contributed by atoms with van der Waals surface area (Å²) in [5.74, 6) is -0.971. The van der Waals surface area contributed by atoms with Crippen LogP contribution in [0.25, 0.3) is 10.9 Å². The van der Waals surface area contributed by atoms with Gasteiger partial charge in [0.2, 0.25) is 0 Å². The van der Waals surface area contributed by atoms with Crippen molar-refractivity contribution in [1.29, 1.82) is 0 Å². The molecule has 1 aromatic carbocycles. The normalized spacial score (nSPS) is 9.79.